The Morgan fingerprint density at radius 1 is 0.290 bits per heavy atom. The lowest BCUT2D eigenvalue weighted by atomic mass is 10.0. The summed E-state index contributed by atoms with van der Waals surface area (Å²) in [6, 6.07) is 0. The van der Waals surface area contributed by atoms with Gasteiger partial charge in [0.05, 0.1) is 27.7 Å². The van der Waals surface area contributed by atoms with Gasteiger partial charge >= 0.3 is 19.8 Å². The van der Waals surface area contributed by atoms with Gasteiger partial charge in [0.15, 0.2) is 6.10 Å². The molecule has 0 aromatic heterocycles. The largest absolute Gasteiger partial charge is 0.472 e. The minimum absolute atomic E-state index is 0.0379. The third-order valence-electron chi connectivity index (χ3n) is 19.9. The number of hydrogen-bond acceptors (Lipinski definition) is 7. The van der Waals surface area contributed by atoms with Gasteiger partial charge in [-0.2, -0.15) is 0 Å². The first-order chi connectivity index (χ1) is 45.5. The molecule has 10 heteroatoms. The van der Waals surface area contributed by atoms with Crippen molar-refractivity contribution in [3.8, 4) is 0 Å². The van der Waals surface area contributed by atoms with E-state index in [0.717, 1.165) is 38.5 Å². The summed E-state index contributed by atoms with van der Waals surface area (Å²) in [4.78, 5) is 36.0. The van der Waals surface area contributed by atoms with Crippen LogP contribution in [-0.4, -0.2) is 74.9 Å². The van der Waals surface area contributed by atoms with Gasteiger partial charge in [-0.1, -0.05) is 444 Å². The summed E-state index contributed by atoms with van der Waals surface area (Å²) in [5.41, 5.74) is 0. The fourth-order valence-corrected chi connectivity index (χ4v) is 14.2. The monoisotopic (exact) mass is 1340 g/mol. The van der Waals surface area contributed by atoms with Gasteiger partial charge in [0, 0.05) is 12.8 Å². The molecule has 0 bridgehead atoms. The molecule has 9 nitrogen and oxygen atoms in total. The zero-order valence-corrected chi connectivity index (χ0v) is 64.7. The number of phosphoric ester groups is 1. The molecule has 1 N–H and O–H groups in total. The van der Waals surface area contributed by atoms with Crippen molar-refractivity contribution in [1.82, 2.24) is 0 Å². The Balaban J connectivity index is 3.85. The molecule has 0 rings (SSSR count). The van der Waals surface area contributed by atoms with Crippen molar-refractivity contribution in [3.63, 3.8) is 0 Å². The quantitative estimate of drug-likeness (QED) is 0.0278. The number of unbranched alkanes of at least 4 members (excludes halogenated alkanes) is 67. The van der Waals surface area contributed by atoms with Crippen molar-refractivity contribution in [2.45, 2.75) is 476 Å². The van der Waals surface area contributed by atoms with E-state index in [1.165, 1.54) is 405 Å². The summed E-state index contributed by atoms with van der Waals surface area (Å²) >= 11 is 0. The summed E-state index contributed by atoms with van der Waals surface area (Å²) in [6.45, 7) is 4.55. The lowest BCUT2D eigenvalue weighted by Gasteiger charge is -2.24. The van der Waals surface area contributed by atoms with Crippen molar-refractivity contribution in [1.29, 1.82) is 0 Å². The number of esters is 2. The smallest absolute Gasteiger partial charge is 0.462 e. The molecule has 2 atom stereocenters. The molecule has 0 heterocycles. The van der Waals surface area contributed by atoms with Crippen molar-refractivity contribution < 1.29 is 42.1 Å². The highest BCUT2D eigenvalue weighted by molar-refractivity contribution is 7.47. The predicted octanol–water partition coefficient (Wildman–Crippen LogP) is 28.0. The predicted molar refractivity (Wildman–Crippen MR) is 405 cm³/mol. The van der Waals surface area contributed by atoms with E-state index in [1.54, 1.807) is 0 Å². The van der Waals surface area contributed by atoms with E-state index in [9.17, 15) is 19.0 Å². The van der Waals surface area contributed by atoms with Crippen molar-refractivity contribution >= 4 is 19.8 Å². The number of carbonyl (C=O) groups excluding carboxylic acids is 2. The van der Waals surface area contributed by atoms with E-state index in [-0.39, 0.29) is 25.6 Å². The number of phosphoric acid groups is 1. The second kappa shape index (κ2) is 75.2. The number of carbonyl (C=O) groups is 2. The zero-order chi connectivity index (χ0) is 67.6. The second-order valence-corrected chi connectivity index (χ2v) is 32.0. The van der Waals surface area contributed by atoms with E-state index in [1.807, 2.05) is 21.1 Å². The van der Waals surface area contributed by atoms with Crippen LogP contribution in [0.4, 0.5) is 0 Å². The molecular formula is C83H167NO8P+. The Morgan fingerprint density at radius 2 is 0.484 bits per heavy atom. The van der Waals surface area contributed by atoms with Crippen LogP contribution >= 0.6 is 7.82 Å². The van der Waals surface area contributed by atoms with Crippen LogP contribution in [0.5, 0.6) is 0 Å². The van der Waals surface area contributed by atoms with Crippen molar-refractivity contribution in [2.75, 3.05) is 47.5 Å². The first kappa shape index (κ1) is 92.0. The summed E-state index contributed by atoms with van der Waals surface area (Å²) in [5, 5.41) is 0. The molecule has 0 aromatic carbocycles. The molecular weight excluding hydrogens is 1170 g/mol. The Kier molecular flexibility index (Phi) is 74.4. The van der Waals surface area contributed by atoms with Gasteiger partial charge in [-0.15, -0.1) is 0 Å². The molecule has 0 fully saturated rings. The number of hydrogen-bond donors (Lipinski definition) is 1. The minimum atomic E-state index is -4.39. The van der Waals surface area contributed by atoms with E-state index >= 15 is 0 Å². The molecule has 0 aliphatic heterocycles. The molecule has 0 radical (unpaired) electrons. The molecule has 0 aliphatic carbocycles. The zero-order valence-electron chi connectivity index (χ0n) is 63.8. The maximum atomic E-state index is 12.9. The van der Waals surface area contributed by atoms with E-state index in [2.05, 4.69) is 13.8 Å². The number of rotatable bonds is 81. The van der Waals surface area contributed by atoms with Gasteiger partial charge in [-0.25, -0.2) is 4.57 Å². The minimum Gasteiger partial charge on any atom is -0.462 e. The normalized spacial score (nSPS) is 12.9. The van der Waals surface area contributed by atoms with E-state index in [0.29, 0.717) is 17.4 Å². The fraction of sp³-hybridized carbons (Fsp3) is 0.976. The maximum Gasteiger partial charge on any atom is 0.472 e. The van der Waals surface area contributed by atoms with Gasteiger partial charge < -0.3 is 18.9 Å². The van der Waals surface area contributed by atoms with Crippen LogP contribution in [0.2, 0.25) is 0 Å². The molecule has 2 unspecified atom stereocenters. The first-order valence-electron chi connectivity index (χ1n) is 42.3. The fourth-order valence-electron chi connectivity index (χ4n) is 13.4. The lowest BCUT2D eigenvalue weighted by molar-refractivity contribution is -0.870. The first-order valence-corrected chi connectivity index (χ1v) is 43.8. The van der Waals surface area contributed by atoms with Crippen molar-refractivity contribution in [2.24, 2.45) is 0 Å². The topological polar surface area (TPSA) is 108 Å². The number of ether oxygens (including phenoxy) is 2. The van der Waals surface area contributed by atoms with Gasteiger partial charge in [-0.3, -0.25) is 18.6 Å². The van der Waals surface area contributed by atoms with Crippen LogP contribution in [0.1, 0.15) is 470 Å². The van der Waals surface area contributed by atoms with Gasteiger partial charge in [-0.05, 0) is 12.8 Å². The van der Waals surface area contributed by atoms with E-state index < -0.39 is 26.5 Å². The van der Waals surface area contributed by atoms with Crippen LogP contribution in [0, 0.1) is 0 Å². The standard InChI is InChI=1S/C83H166NO8P/c1-6-8-10-12-14-16-18-20-22-24-26-28-30-32-34-36-38-40-41-42-44-46-48-50-52-54-56-58-60-62-64-66-68-70-72-74-76-83(86)92-81(80-91-93(87,88)90-78-77-84(3,4)5)79-89-82(85)75-73-71-69-67-65-63-61-59-57-55-53-51-49-47-45-43-39-37-35-33-31-29-27-25-23-21-19-17-15-13-11-9-7-2/h81H,6-80H2,1-5H3/p+1. The maximum absolute atomic E-state index is 12.9. The second-order valence-electron chi connectivity index (χ2n) is 30.6. The lowest BCUT2D eigenvalue weighted by Crippen LogP contribution is -2.37. The summed E-state index contributed by atoms with van der Waals surface area (Å²) in [5.74, 6) is -0.763. The Bertz CT molecular complexity index is 1520. The highest BCUT2D eigenvalue weighted by Crippen LogP contribution is 2.43. The molecule has 556 valence electrons. The molecule has 93 heavy (non-hydrogen) atoms. The number of likely N-dealkylation sites (N-methyl/N-ethyl adjacent to an activating group) is 1. The van der Waals surface area contributed by atoms with Crippen LogP contribution in [0.25, 0.3) is 0 Å². The van der Waals surface area contributed by atoms with E-state index in [4.69, 9.17) is 18.5 Å². The van der Waals surface area contributed by atoms with Gasteiger partial charge in [0.2, 0.25) is 0 Å². The average Bonchev–Trinajstić information content (AvgIpc) is 2.61. The molecule has 0 amide bonds. The SMILES string of the molecule is CCCCCCCCCCCCCCCCCCCCCCCCCCCCCCCCCCCCCCC(=O)OC(COC(=O)CCCCCCCCCCCCCCCCCCCCCCCCCCCCCCCCCCC)COP(=O)(O)OCC[N+](C)(C)C. The van der Waals surface area contributed by atoms with Gasteiger partial charge in [0.25, 0.3) is 0 Å². The highest BCUT2D eigenvalue weighted by Gasteiger charge is 2.27. The van der Waals surface area contributed by atoms with Crippen LogP contribution in [0.3, 0.4) is 0 Å². The van der Waals surface area contributed by atoms with Gasteiger partial charge in [0.1, 0.15) is 19.8 Å². The molecule has 0 aromatic rings. The highest BCUT2D eigenvalue weighted by atomic mass is 31.2. The number of quaternary nitrogens is 1. The Morgan fingerprint density at radius 3 is 0.688 bits per heavy atom. The average molecular weight is 1340 g/mol. The van der Waals surface area contributed by atoms with Crippen LogP contribution < -0.4 is 0 Å². The number of nitrogens with zero attached hydrogens (tertiary/aromatic N) is 1. The van der Waals surface area contributed by atoms with Crippen molar-refractivity contribution in [3.05, 3.63) is 0 Å². The molecule has 0 saturated heterocycles. The Labute approximate surface area is 582 Å². The molecule has 0 aliphatic rings. The third kappa shape index (κ3) is 79.9. The Hall–Kier alpha value is -0.990. The summed E-state index contributed by atoms with van der Waals surface area (Å²) < 4.78 is 34.9. The van der Waals surface area contributed by atoms with Crippen LogP contribution in [-0.2, 0) is 32.7 Å². The summed E-state index contributed by atoms with van der Waals surface area (Å²) in [6.07, 6.45) is 94.3. The van der Waals surface area contributed by atoms with Crippen LogP contribution in [0.15, 0.2) is 0 Å². The molecule has 0 spiro atoms. The summed E-state index contributed by atoms with van der Waals surface area (Å²) in [7, 11) is 1.51. The molecule has 0 saturated carbocycles. The third-order valence-corrected chi connectivity index (χ3v) is 20.9.